The lowest BCUT2D eigenvalue weighted by Gasteiger charge is -2.40. The molecule has 0 radical (unpaired) electrons. The number of hydrogen-bond acceptors (Lipinski definition) is 5. The van der Waals surface area contributed by atoms with E-state index in [4.69, 9.17) is 13.6 Å². The zero-order valence-corrected chi connectivity index (χ0v) is 32.8. The van der Waals surface area contributed by atoms with E-state index in [9.17, 15) is 9.90 Å². The lowest BCUT2D eigenvalue weighted by molar-refractivity contribution is -0.147. The molecule has 0 amide bonds. The minimum absolute atomic E-state index is 0.00490. The predicted molar refractivity (Wildman–Crippen MR) is 193 cm³/mol. The van der Waals surface area contributed by atoms with Crippen molar-refractivity contribution in [2.45, 2.75) is 174 Å². The van der Waals surface area contributed by atoms with E-state index < -0.39 is 22.7 Å². The molecule has 45 heavy (non-hydrogen) atoms. The van der Waals surface area contributed by atoms with Crippen LogP contribution in [0.4, 0.5) is 0 Å². The smallest absolute Gasteiger partial charge is 0.306 e. The predicted octanol–water partition coefficient (Wildman–Crippen LogP) is 9.69. The number of aliphatic hydroxyl groups is 1. The maximum atomic E-state index is 11.9. The molecule has 0 aliphatic heterocycles. The molecule has 1 aliphatic rings. The number of esters is 1. The van der Waals surface area contributed by atoms with Crippen LogP contribution in [0.2, 0.25) is 36.3 Å². The molecular weight excluding hydrogens is 593 g/mol. The van der Waals surface area contributed by atoms with E-state index in [2.05, 4.69) is 110 Å². The Morgan fingerprint density at radius 2 is 1.56 bits per heavy atom. The third kappa shape index (κ3) is 12.9. The standard InChI is InChI=1S/C38H66O5Si2/c1-29(2)41-36(40)23-19-14-13-18-22-33-32(34(39)28-35(33)43-45(11,12)38(6,7)8)27-26-31(42-44(9,10)37(3,4)5)25-24-30-20-16-15-17-21-30/h15-17,20-21,29,31-35,39H,14,19,22-28H2,1-12H3/t31-,32+,33+,34+,35-/m0/s1. The van der Waals surface area contributed by atoms with Crippen LogP contribution >= 0.6 is 0 Å². The van der Waals surface area contributed by atoms with E-state index in [0.29, 0.717) is 32.1 Å². The van der Waals surface area contributed by atoms with Crippen LogP contribution < -0.4 is 0 Å². The zero-order valence-electron chi connectivity index (χ0n) is 30.8. The van der Waals surface area contributed by atoms with Gasteiger partial charge in [-0.3, -0.25) is 4.79 Å². The Balaban J connectivity index is 2.20. The number of benzene rings is 1. The Hall–Kier alpha value is -1.44. The van der Waals surface area contributed by atoms with E-state index >= 15 is 0 Å². The van der Waals surface area contributed by atoms with Gasteiger partial charge >= 0.3 is 5.97 Å². The Bertz CT molecular complexity index is 1090. The Labute approximate surface area is 278 Å². The first kappa shape index (κ1) is 39.7. The summed E-state index contributed by atoms with van der Waals surface area (Å²) < 4.78 is 19.3. The molecule has 5 nitrogen and oxygen atoms in total. The molecule has 0 saturated heterocycles. The highest BCUT2D eigenvalue weighted by atomic mass is 28.4. The summed E-state index contributed by atoms with van der Waals surface area (Å²) in [5.74, 6) is 6.90. The van der Waals surface area contributed by atoms with E-state index in [1.807, 2.05) is 13.8 Å². The van der Waals surface area contributed by atoms with Gasteiger partial charge in [0.1, 0.15) is 0 Å². The summed E-state index contributed by atoms with van der Waals surface area (Å²) in [6, 6.07) is 10.7. The molecule has 0 aromatic heterocycles. The summed E-state index contributed by atoms with van der Waals surface area (Å²) in [5.41, 5.74) is 1.34. The second-order valence-electron chi connectivity index (χ2n) is 16.6. The number of unbranched alkanes of at least 4 members (excludes halogenated alkanes) is 1. The number of carbonyl (C=O) groups is 1. The highest BCUT2D eigenvalue weighted by Crippen LogP contribution is 2.45. The largest absolute Gasteiger partial charge is 0.463 e. The van der Waals surface area contributed by atoms with Crippen molar-refractivity contribution < 1.29 is 23.5 Å². The number of aryl methyl sites for hydroxylation is 1. The van der Waals surface area contributed by atoms with Crippen LogP contribution in [-0.4, -0.2) is 52.1 Å². The van der Waals surface area contributed by atoms with Gasteiger partial charge in [-0.05, 0) is 100 Å². The first-order chi connectivity index (χ1) is 20.7. The monoisotopic (exact) mass is 658 g/mol. The number of rotatable bonds is 15. The van der Waals surface area contributed by atoms with Gasteiger partial charge in [0.05, 0.1) is 18.3 Å². The Morgan fingerprint density at radius 3 is 2.13 bits per heavy atom. The number of aliphatic hydroxyl groups excluding tert-OH is 1. The molecule has 0 heterocycles. The summed E-state index contributed by atoms with van der Waals surface area (Å²) in [7, 11) is -4.01. The molecule has 256 valence electrons. The van der Waals surface area contributed by atoms with Crippen molar-refractivity contribution in [2.24, 2.45) is 11.8 Å². The van der Waals surface area contributed by atoms with Crippen molar-refractivity contribution >= 4 is 22.6 Å². The zero-order chi connectivity index (χ0) is 34.1. The maximum Gasteiger partial charge on any atom is 0.306 e. The first-order valence-electron chi connectivity index (χ1n) is 17.5. The molecule has 0 bridgehead atoms. The molecule has 0 unspecified atom stereocenters. The number of ether oxygens (including phenoxy) is 1. The van der Waals surface area contributed by atoms with E-state index in [-0.39, 0.29) is 46.2 Å². The topological polar surface area (TPSA) is 65.0 Å². The molecule has 2 rings (SSSR count). The molecule has 1 aromatic rings. The van der Waals surface area contributed by atoms with Crippen LogP contribution in [0.3, 0.4) is 0 Å². The second kappa shape index (κ2) is 17.1. The lowest BCUT2D eigenvalue weighted by atomic mass is 9.86. The summed E-state index contributed by atoms with van der Waals surface area (Å²) in [6.07, 6.45) is 6.60. The molecule has 1 N–H and O–H groups in total. The van der Waals surface area contributed by atoms with E-state index in [0.717, 1.165) is 25.7 Å². The van der Waals surface area contributed by atoms with Gasteiger partial charge in [-0.15, -0.1) is 11.8 Å². The molecule has 5 atom stereocenters. The SMILES string of the molecule is CC(C)OC(=O)CCCC#CC[C@@H]1[C@@H](CC[C@H](CCc2ccccc2)O[Si](C)(C)C(C)(C)C)[C@H](O)C[C@@H]1O[Si](C)(C)C(C)(C)C. The summed E-state index contributed by atoms with van der Waals surface area (Å²) >= 11 is 0. The van der Waals surface area contributed by atoms with Gasteiger partial charge in [-0.2, -0.15) is 0 Å². The molecule has 1 fully saturated rings. The Kier molecular flexibility index (Phi) is 15.1. The average molecular weight is 659 g/mol. The van der Waals surface area contributed by atoms with E-state index in [1.54, 1.807) is 0 Å². The van der Waals surface area contributed by atoms with Crippen molar-refractivity contribution in [3.8, 4) is 11.8 Å². The van der Waals surface area contributed by atoms with Gasteiger partial charge in [-0.25, -0.2) is 0 Å². The quantitative estimate of drug-likeness (QED) is 0.0880. The summed E-state index contributed by atoms with van der Waals surface area (Å²) in [5, 5.41) is 11.7. The van der Waals surface area contributed by atoms with Gasteiger partial charge in [0.25, 0.3) is 0 Å². The van der Waals surface area contributed by atoms with E-state index in [1.165, 1.54) is 5.56 Å². The van der Waals surface area contributed by atoms with Crippen molar-refractivity contribution in [3.05, 3.63) is 35.9 Å². The van der Waals surface area contributed by atoms with Crippen LogP contribution in [-0.2, 0) is 24.8 Å². The second-order valence-corrected chi connectivity index (χ2v) is 26.1. The first-order valence-corrected chi connectivity index (χ1v) is 23.3. The average Bonchev–Trinajstić information content (AvgIpc) is 3.19. The van der Waals surface area contributed by atoms with Gasteiger partial charge in [0.15, 0.2) is 16.6 Å². The molecular formula is C38H66O5Si2. The maximum absolute atomic E-state index is 11.9. The van der Waals surface area contributed by atoms with Gasteiger partial charge in [0.2, 0.25) is 0 Å². The molecule has 1 aromatic carbocycles. The van der Waals surface area contributed by atoms with Crippen LogP contribution in [0.1, 0.15) is 112 Å². The van der Waals surface area contributed by atoms with Crippen molar-refractivity contribution in [3.63, 3.8) is 0 Å². The van der Waals surface area contributed by atoms with Crippen molar-refractivity contribution in [2.75, 3.05) is 0 Å². The van der Waals surface area contributed by atoms with Crippen LogP contribution in [0.15, 0.2) is 30.3 Å². The fourth-order valence-electron chi connectivity index (χ4n) is 5.66. The molecule has 0 spiro atoms. The minimum atomic E-state index is -2.03. The third-order valence-corrected chi connectivity index (χ3v) is 19.5. The highest BCUT2D eigenvalue weighted by molar-refractivity contribution is 6.74. The summed E-state index contributed by atoms with van der Waals surface area (Å²) in [6.45, 7) is 26.8. The fourth-order valence-corrected chi connectivity index (χ4v) is 8.46. The van der Waals surface area contributed by atoms with Crippen molar-refractivity contribution in [1.29, 1.82) is 0 Å². The van der Waals surface area contributed by atoms with Crippen LogP contribution in [0.5, 0.6) is 0 Å². The normalized spacial score (nSPS) is 21.8. The highest BCUT2D eigenvalue weighted by Gasteiger charge is 2.48. The number of carbonyl (C=O) groups excluding carboxylic acids is 1. The molecule has 1 saturated carbocycles. The van der Waals surface area contributed by atoms with Crippen LogP contribution in [0.25, 0.3) is 0 Å². The van der Waals surface area contributed by atoms with Crippen molar-refractivity contribution in [1.82, 2.24) is 0 Å². The van der Waals surface area contributed by atoms with Gasteiger partial charge < -0.3 is 18.7 Å². The third-order valence-electron chi connectivity index (χ3n) is 10.4. The molecule has 7 heteroatoms. The fraction of sp³-hybridized carbons (Fsp3) is 0.763. The molecule has 1 aliphatic carbocycles. The minimum Gasteiger partial charge on any atom is -0.463 e. The Morgan fingerprint density at radius 1 is 0.933 bits per heavy atom. The summed E-state index contributed by atoms with van der Waals surface area (Å²) in [4.78, 5) is 11.9. The van der Waals surface area contributed by atoms with Gasteiger partial charge in [0, 0.05) is 31.3 Å². The van der Waals surface area contributed by atoms with Crippen LogP contribution in [0, 0.1) is 23.7 Å². The van der Waals surface area contributed by atoms with Gasteiger partial charge in [-0.1, -0.05) is 71.9 Å². The lowest BCUT2D eigenvalue weighted by Crippen LogP contribution is -2.45. The number of hydrogen-bond donors (Lipinski definition) is 1.